The molecule has 1 saturated heterocycles. The van der Waals surface area contributed by atoms with Crippen molar-refractivity contribution in [1.82, 2.24) is 4.90 Å². The zero-order valence-corrected chi connectivity index (χ0v) is 16.9. The Morgan fingerprint density at radius 1 is 1.22 bits per heavy atom. The van der Waals surface area contributed by atoms with Crippen molar-refractivity contribution in [3.63, 3.8) is 0 Å². The molecule has 2 fully saturated rings. The third-order valence-electron chi connectivity index (χ3n) is 5.04. The summed E-state index contributed by atoms with van der Waals surface area (Å²) in [6.07, 6.45) is 3.72. The lowest BCUT2D eigenvalue weighted by molar-refractivity contribution is -0.116. The molecule has 0 amide bonds. The fourth-order valence-electron chi connectivity index (χ4n) is 3.55. The number of ketones is 1. The van der Waals surface area contributed by atoms with Crippen LogP contribution in [0.2, 0.25) is 5.02 Å². The molecule has 27 heavy (non-hydrogen) atoms. The monoisotopic (exact) mass is 413 g/mol. The van der Waals surface area contributed by atoms with E-state index in [4.69, 9.17) is 16.3 Å². The molecule has 2 aliphatic rings. The van der Waals surface area contributed by atoms with E-state index in [1.165, 1.54) is 12.1 Å². The zero-order chi connectivity index (χ0) is 19.6. The van der Waals surface area contributed by atoms with E-state index >= 15 is 0 Å². The van der Waals surface area contributed by atoms with Crippen molar-refractivity contribution in [3.8, 4) is 0 Å². The molecular formula is C19H24ClNO5S. The van der Waals surface area contributed by atoms with E-state index in [1.54, 1.807) is 0 Å². The summed E-state index contributed by atoms with van der Waals surface area (Å²) >= 11 is 6.57. The lowest BCUT2D eigenvalue weighted by Crippen LogP contribution is -2.36. The van der Waals surface area contributed by atoms with Gasteiger partial charge in [0.15, 0.2) is 15.6 Å². The molecular weight excluding hydrogens is 390 g/mol. The highest BCUT2D eigenvalue weighted by atomic mass is 35.5. The normalized spacial score (nSPS) is 21.3. The molecule has 0 atom stereocenters. The van der Waals surface area contributed by atoms with Crippen LogP contribution in [0, 0.1) is 0 Å². The Bertz CT molecular complexity index is 872. The Kier molecular flexibility index (Phi) is 6.25. The summed E-state index contributed by atoms with van der Waals surface area (Å²) < 4.78 is 29.8. The maximum absolute atomic E-state index is 12.3. The molecule has 6 nitrogen and oxygen atoms in total. The van der Waals surface area contributed by atoms with Crippen LogP contribution in [-0.4, -0.2) is 56.8 Å². The third kappa shape index (κ3) is 4.54. The molecule has 148 valence electrons. The Morgan fingerprint density at radius 2 is 1.89 bits per heavy atom. The molecule has 8 heteroatoms. The molecule has 1 aromatic rings. The second-order valence-electron chi connectivity index (χ2n) is 7.02. The van der Waals surface area contributed by atoms with Gasteiger partial charge in [0.05, 0.1) is 23.1 Å². The largest absolute Gasteiger partial charge is 0.507 e. The number of rotatable bonds is 4. The summed E-state index contributed by atoms with van der Waals surface area (Å²) in [5.74, 6) is -0.204. The Labute approximate surface area is 164 Å². The van der Waals surface area contributed by atoms with E-state index < -0.39 is 9.84 Å². The Balaban J connectivity index is 2.07. The third-order valence-corrected chi connectivity index (χ3v) is 6.66. The number of carbonyl (C=O) groups is 1. The minimum Gasteiger partial charge on any atom is -0.507 e. The Hall–Kier alpha value is -1.41. The van der Waals surface area contributed by atoms with Crippen LogP contribution in [0.3, 0.4) is 0 Å². The van der Waals surface area contributed by atoms with Gasteiger partial charge < -0.3 is 9.84 Å². The molecule has 1 heterocycles. The van der Waals surface area contributed by atoms with E-state index in [-0.39, 0.29) is 21.5 Å². The van der Waals surface area contributed by atoms with Crippen LogP contribution in [0.1, 0.15) is 36.8 Å². The first-order valence-corrected chi connectivity index (χ1v) is 11.3. The van der Waals surface area contributed by atoms with Crippen LogP contribution in [0.25, 0.3) is 5.76 Å². The highest BCUT2D eigenvalue weighted by Crippen LogP contribution is 2.35. The average molecular weight is 414 g/mol. The number of aliphatic hydroxyl groups excluding tert-OH is 1. The molecule has 1 saturated carbocycles. The van der Waals surface area contributed by atoms with Crippen LogP contribution in [0.5, 0.6) is 0 Å². The van der Waals surface area contributed by atoms with Crippen LogP contribution >= 0.6 is 11.6 Å². The molecule has 0 spiro atoms. The number of carbonyl (C=O) groups excluding carboxylic acids is 1. The molecule has 0 unspecified atom stereocenters. The first-order chi connectivity index (χ1) is 12.8. The first-order valence-electron chi connectivity index (χ1n) is 9.06. The number of allylic oxidation sites excluding steroid dienone is 1. The van der Waals surface area contributed by atoms with Gasteiger partial charge in [-0.05, 0) is 31.4 Å². The highest BCUT2D eigenvalue weighted by Gasteiger charge is 2.26. The fraction of sp³-hybridized carbons (Fsp3) is 0.526. The van der Waals surface area contributed by atoms with Gasteiger partial charge in [-0.3, -0.25) is 9.69 Å². The SMILES string of the molecule is CS(=O)(=O)c1ccc(C(O)=C2CCCCC2=O)c(Cl)c1CN1CCOCC1. The molecule has 1 aromatic carbocycles. The summed E-state index contributed by atoms with van der Waals surface area (Å²) in [7, 11) is -3.49. The fourth-order valence-corrected chi connectivity index (χ4v) is 4.85. The van der Waals surface area contributed by atoms with Gasteiger partial charge in [-0.15, -0.1) is 0 Å². The van der Waals surface area contributed by atoms with Gasteiger partial charge in [0, 0.05) is 49.0 Å². The molecule has 0 radical (unpaired) electrons. The predicted molar refractivity (Wildman–Crippen MR) is 104 cm³/mol. The number of aliphatic hydroxyl groups is 1. The summed E-state index contributed by atoms with van der Waals surface area (Å²) in [6.45, 7) is 2.85. The number of nitrogens with zero attached hydrogens (tertiary/aromatic N) is 1. The van der Waals surface area contributed by atoms with Crippen LogP contribution < -0.4 is 0 Å². The van der Waals surface area contributed by atoms with Crippen LogP contribution in [0.4, 0.5) is 0 Å². The van der Waals surface area contributed by atoms with Crippen LogP contribution in [-0.2, 0) is 25.9 Å². The zero-order valence-electron chi connectivity index (χ0n) is 15.3. The van der Waals surface area contributed by atoms with E-state index in [2.05, 4.69) is 4.90 Å². The van der Waals surface area contributed by atoms with Gasteiger partial charge >= 0.3 is 0 Å². The molecule has 1 aliphatic heterocycles. The van der Waals surface area contributed by atoms with Crippen LogP contribution in [0.15, 0.2) is 22.6 Å². The molecule has 3 rings (SSSR count). The number of ether oxygens (including phenoxy) is 1. The first kappa shape index (κ1) is 20.3. The number of hydrogen-bond acceptors (Lipinski definition) is 6. The molecule has 1 aliphatic carbocycles. The quantitative estimate of drug-likeness (QED) is 0.603. The number of benzene rings is 1. The number of Topliss-reactive ketones (excluding diaryl/α,β-unsaturated/α-hetero) is 1. The minimum atomic E-state index is -3.49. The van der Waals surface area contributed by atoms with E-state index in [1.807, 2.05) is 0 Å². The van der Waals surface area contributed by atoms with E-state index in [0.29, 0.717) is 62.4 Å². The summed E-state index contributed by atoms with van der Waals surface area (Å²) in [6, 6.07) is 2.96. The molecule has 1 N–H and O–H groups in total. The van der Waals surface area contributed by atoms with Crippen molar-refractivity contribution in [2.45, 2.75) is 37.1 Å². The summed E-state index contributed by atoms with van der Waals surface area (Å²) in [5.41, 5.74) is 1.15. The van der Waals surface area contributed by atoms with Gasteiger partial charge in [-0.25, -0.2) is 8.42 Å². The lowest BCUT2D eigenvalue weighted by atomic mass is 9.90. The van der Waals surface area contributed by atoms with Crippen molar-refractivity contribution >= 4 is 33.0 Å². The highest BCUT2D eigenvalue weighted by molar-refractivity contribution is 7.90. The van der Waals surface area contributed by atoms with Crippen molar-refractivity contribution in [2.75, 3.05) is 32.6 Å². The van der Waals surface area contributed by atoms with Crippen molar-refractivity contribution in [2.24, 2.45) is 0 Å². The van der Waals surface area contributed by atoms with Gasteiger partial charge in [0.25, 0.3) is 0 Å². The second-order valence-corrected chi connectivity index (χ2v) is 9.38. The molecule has 0 aromatic heterocycles. The maximum atomic E-state index is 12.3. The summed E-state index contributed by atoms with van der Waals surface area (Å²) in [5, 5.41) is 10.9. The standard InChI is InChI=1S/C19H24ClNO5S/c1-27(24,25)17-7-6-14(19(23)13-4-2-3-5-16(13)22)18(20)15(17)12-21-8-10-26-11-9-21/h6-7,23H,2-5,8-12H2,1H3. The number of sulfone groups is 1. The average Bonchev–Trinajstić information content (AvgIpc) is 2.63. The van der Waals surface area contributed by atoms with Gasteiger partial charge in [0.2, 0.25) is 0 Å². The van der Waals surface area contributed by atoms with Gasteiger partial charge in [0.1, 0.15) is 5.76 Å². The lowest BCUT2D eigenvalue weighted by Gasteiger charge is -2.28. The smallest absolute Gasteiger partial charge is 0.175 e. The predicted octanol–water partition coefficient (Wildman–Crippen LogP) is 2.99. The number of hydrogen-bond donors (Lipinski definition) is 1. The van der Waals surface area contributed by atoms with E-state index in [0.717, 1.165) is 19.1 Å². The summed E-state index contributed by atoms with van der Waals surface area (Å²) in [4.78, 5) is 14.4. The van der Waals surface area contributed by atoms with Crippen molar-refractivity contribution < 1.29 is 23.1 Å². The van der Waals surface area contributed by atoms with E-state index in [9.17, 15) is 18.3 Å². The molecule has 0 bridgehead atoms. The Morgan fingerprint density at radius 3 is 2.52 bits per heavy atom. The van der Waals surface area contributed by atoms with Crippen molar-refractivity contribution in [1.29, 1.82) is 0 Å². The number of morpholine rings is 1. The van der Waals surface area contributed by atoms with Gasteiger partial charge in [-0.2, -0.15) is 0 Å². The van der Waals surface area contributed by atoms with Crippen molar-refractivity contribution in [3.05, 3.63) is 33.9 Å². The topological polar surface area (TPSA) is 83.9 Å². The maximum Gasteiger partial charge on any atom is 0.175 e. The van der Waals surface area contributed by atoms with Gasteiger partial charge in [-0.1, -0.05) is 11.6 Å². The number of halogens is 1. The second kappa shape index (κ2) is 8.31. The minimum absolute atomic E-state index is 0.0725.